The number of aromatic nitrogens is 3. The smallest absolute Gasteiger partial charge is 0.232 e. The highest BCUT2D eigenvalue weighted by Crippen LogP contribution is 2.40. The third kappa shape index (κ3) is 5.30. The molecule has 0 atom stereocenters. The SMILES string of the molecule is C[Si](C)(C)CCOCn1cc(Cl)c2c(Nc3cccc4c3N(S(C)(=O)=O)CC4)nc(Cl)nc21. The standard InChI is InChI=1S/C21H27Cl2N5O3SSi/c1-32(29,30)28-9-8-14-6-5-7-16(18(14)28)24-19-17-15(22)12-27(20(17)26-21(23)25-19)13-31-10-11-33(2,3)4/h5-7,12H,8-11,13H2,1-4H3,(H,24,25,26). The Labute approximate surface area is 204 Å². The molecule has 33 heavy (non-hydrogen) atoms. The third-order valence-electron chi connectivity index (χ3n) is 5.48. The van der Waals surface area contributed by atoms with E-state index in [4.69, 9.17) is 27.9 Å². The van der Waals surface area contributed by atoms with E-state index in [-0.39, 0.29) is 5.28 Å². The van der Waals surface area contributed by atoms with Crippen molar-refractivity contribution >= 4 is 69.5 Å². The van der Waals surface area contributed by atoms with Crippen LogP contribution in [0.4, 0.5) is 17.2 Å². The number of nitrogens with one attached hydrogen (secondary N) is 1. The van der Waals surface area contributed by atoms with E-state index >= 15 is 0 Å². The molecule has 0 spiro atoms. The van der Waals surface area contributed by atoms with Crippen LogP contribution in [0.15, 0.2) is 24.4 Å². The van der Waals surface area contributed by atoms with Crippen LogP contribution in [-0.2, 0) is 27.9 Å². The molecule has 0 unspecified atom stereocenters. The Morgan fingerprint density at radius 3 is 2.67 bits per heavy atom. The fourth-order valence-corrected chi connectivity index (χ4v) is 6.01. The summed E-state index contributed by atoms with van der Waals surface area (Å²) < 4.78 is 33.7. The van der Waals surface area contributed by atoms with Gasteiger partial charge < -0.3 is 14.6 Å². The molecule has 1 aliphatic heterocycles. The molecular formula is C21H27Cl2N5O3SSi. The minimum atomic E-state index is -3.42. The van der Waals surface area contributed by atoms with E-state index in [1.54, 1.807) is 10.8 Å². The molecule has 2 aromatic heterocycles. The first kappa shape index (κ1) is 24.3. The Morgan fingerprint density at radius 2 is 1.97 bits per heavy atom. The molecular weight excluding hydrogens is 501 g/mol. The van der Waals surface area contributed by atoms with Gasteiger partial charge in [0.2, 0.25) is 15.3 Å². The lowest BCUT2D eigenvalue weighted by atomic mass is 10.1. The lowest BCUT2D eigenvalue weighted by molar-refractivity contribution is 0.0899. The number of nitrogens with zero attached hydrogens (tertiary/aromatic N) is 4. The molecule has 0 fully saturated rings. The molecule has 4 rings (SSSR count). The van der Waals surface area contributed by atoms with Crippen molar-refractivity contribution in [3.63, 3.8) is 0 Å². The average Bonchev–Trinajstić information content (AvgIpc) is 3.26. The van der Waals surface area contributed by atoms with Crippen molar-refractivity contribution in [3.05, 3.63) is 40.3 Å². The van der Waals surface area contributed by atoms with Crippen LogP contribution in [0.25, 0.3) is 11.0 Å². The normalized spacial score (nSPS) is 14.2. The first-order valence-electron chi connectivity index (χ1n) is 10.6. The highest BCUT2D eigenvalue weighted by atomic mass is 35.5. The Kier molecular flexibility index (Phi) is 6.67. The average molecular weight is 529 g/mol. The molecule has 0 aliphatic carbocycles. The monoisotopic (exact) mass is 527 g/mol. The number of hydrogen-bond acceptors (Lipinski definition) is 6. The van der Waals surface area contributed by atoms with Crippen molar-refractivity contribution in [3.8, 4) is 0 Å². The van der Waals surface area contributed by atoms with Gasteiger partial charge in [-0.05, 0) is 35.7 Å². The van der Waals surface area contributed by atoms with E-state index in [9.17, 15) is 8.42 Å². The molecule has 3 heterocycles. The summed E-state index contributed by atoms with van der Waals surface area (Å²) in [4.78, 5) is 8.72. The topological polar surface area (TPSA) is 89.4 Å². The highest BCUT2D eigenvalue weighted by Gasteiger charge is 2.29. The van der Waals surface area contributed by atoms with E-state index in [2.05, 4.69) is 34.9 Å². The lowest BCUT2D eigenvalue weighted by Gasteiger charge is -2.20. The molecule has 0 saturated carbocycles. The van der Waals surface area contributed by atoms with Gasteiger partial charge in [0.15, 0.2) is 5.65 Å². The zero-order valence-electron chi connectivity index (χ0n) is 19.0. The molecule has 0 saturated heterocycles. The minimum absolute atomic E-state index is 0.0515. The molecule has 0 radical (unpaired) electrons. The molecule has 8 nitrogen and oxygen atoms in total. The van der Waals surface area contributed by atoms with Crippen molar-refractivity contribution in [2.24, 2.45) is 0 Å². The molecule has 178 valence electrons. The molecule has 1 aliphatic rings. The van der Waals surface area contributed by atoms with Crippen LogP contribution >= 0.6 is 23.2 Å². The molecule has 1 N–H and O–H groups in total. The van der Waals surface area contributed by atoms with Crippen LogP contribution in [0.3, 0.4) is 0 Å². The summed E-state index contributed by atoms with van der Waals surface area (Å²) in [6.45, 7) is 8.26. The van der Waals surface area contributed by atoms with Gasteiger partial charge in [-0.15, -0.1) is 0 Å². The second kappa shape index (κ2) is 9.07. The number of ether oxygens (including phenoxy) is 1. The van der Waals surface area contributed by atoms with E-state index < -0.39 is 18.1 Å². The lowest BCUT2D eigenvalue weighted by Crippen LogP contribution is -2.28. The highest BCUT2D eigenvalue weighted by molar-refractivity contribution is 7.92. The Hall–Kier alpha value is -1.85. The van der Waals surface area contributed by atoms with Gasteiger partial charge in [0.1, 0.15) is 12.5 Å². The van der Waals surface area contributed by atoms with Crippen LogP contribution in [-0.4, -0.2) is 50.4 Å². The van der Waals surface area contributed by atoms with Gasteiger partial charge in [-0.3, -0.25) is 4.31 Å². The minimum Gasteiger partial charge on any atom is -0.361 e. The maximum Gasteiger partial charge on any atom is 0.232 e. The Bertz CT molecular complexity index is 1310. The first-order valence-corrected chi connectivity index (χ1v) is 16.9. The van der Waals surface area contributed by atoms with Gasteiger partial charge in [-0.25, -0.2) is 8.42 Å². The largest absolute Gasteiger partial charge is 0.361 e. The molecule has 1 aromatic carbocycles. The number of fused-ring (bicyclic) bond motifs is 2. The van der Waals surface area contributed by atoms with E-state index in [1.165, 1.54) is 10.6 Å². The third-order valence-corrected chi connectivity index (χ3v) is 8.80. The van der Waals surface area contributed by atoms with Gasteiger partial charge in [0.05, 0.1) is 28.0 Å². The number of anilines is 3. The van der Waals surface area contributed by atoms with Crippen LogP contribution in [0, 0.1) is 0 Å². The van der Waals surface area contributed by atoms with Gasteiger partial charge >= 0.3 is 0 Å². The van der Waals surface area contributed by atoms with Crippen molar-refractivity contribution in [2.45, 2.75) is 38.8 Å². The summed E-state index contributed by atoms with van der Waals surface area (Å²) in [7, 11) is -4.61. The predicted molar refractivity (Wildman–Crippen MR) is 137 cm³/mol. The quantitative estimate of drug-likeness (QED) is 0.248. The first-order chi connectivity index (χ1) is 15.4. The summed E-state index contributed by atoms with van der Waals surface area (Å²) in [5.41, 5.74) is 2.72. The zero-order valence-corrected chi connectivity index (χ0v) is 22.4. The van der Waals surface area contributed by atoms with Crippen molar-refractivity contribution in [2.75, 3.05) is 29.0 Å². The summed E-state index contributed by atoms with van der Waals surface area (Å²) in [5.74, 6) is 0.407. The second-order valence-electron chi connectivity index (χ2n) is 9.36. The van der Waals surface area contributed by atoms with Crippen LogP contribution in [0.1, 0.15) is 5.56 Å². The Balaban J connectivity index is 1.68. The van der Waals surface area contributed by atoms with Crippen molar-refractivity contribution in [1.29, 1.82) is 0 Å². The van der Waals surface area contributed by atoms with E-state index in [0.717, 1.165) is 11.6 Å². The number of sulfonamides is 1. The number of halogens is 2. The zero-order chi connectivity index (χ0) is 24.0. The number of benzene rings is 1. The number of para-hydroxylation sites is 1. The summed E-state index contributed by atoms with van der Waals surface area (Å²) in [5, 5.41) is 4.35. The van der Waals surface area contributed by atoms with Gasteiger partial charge in [0, 0.05) is 27.4 Å². The maximum absolute atomic E-state index is 12.3. The van der Waals surface area contributed by atoms with E-state index in [1.807, 2.05) is 18.2 Å². The fraction of sp³-hybridized carbons (Fsp3) is 0.429. The van der Waals surface area contributed by atoms with Crippen LogP contribution in [0.5, 0.6) is 0 Å². The van der Waals surface area contributed by atoms with Crippen LogP contribution in [0.2, 0.25) is 36.0 Å². The molecule has 0 amide bonds. The van der Waals surface area contributed by atoms with Crippen LogP contribution < -0.4 is 9.62 Å². The summed E-state index contributed by atoms with van der Waals surface area (Å²) in [6, 6.07) is 6.68. The predicted octanol–water partition coefficient (Wildman–Crippen LogP) is 5.12. The van der Waals surface area contributed by atoms with E-state index in [0.29, 0.717) is 59.6 Å². The maximum atomic E-state index is 12.3. The summed E-state index contributed by atoms with van der Waals surface area (Å²) in [6.07, 6.45) is 3.59. The van der Waals surface area contributed by atoms with Gasteiger partial charge in [-0.2, -0.15) is 9.97 Å². The number of rotatable bonds is 8. The van der Waals surface area contributed by atoms with Gasteiger partial charge in [0.25, 0.3) is 0 Å². The van der Waals surface area contributed by atoms with Crippen molar-refractivity contribution < 1.29 is 13.2 Å². The summed E-state index contributed by atoms with van der Waals surface area (Å²) >= 11 is 12.8. The van der Waals surface area contributed by atoms with Crippen molar-refractivity contribution in [1.82, 2.24) is 14.5 Å². The second-order valence-corrected chi connectivity index (χ2v) is 17.6. The Morgan fingerprint density at radius 1 is 1.21 bits per heavy atom. The number of hydrogen-bond donors (Lipinski definition) is 1. The molecule has 3 aromatic rings. The molecule has 0 bridgehead atoms. The molecule has 12 heteroatoms. The fourth-order valence-electron chi connectivity index (χ4n) is 3.82. The van der Waals surface area contributed by atoms with Gasteiger partial charge in [-0.1, -0.05) is 43.4 Å².